The maximum atomic E-state index is 12.3. The minimum atomic E-state index is -0.143. The van der Waals surface area contributed by atoms with Crippen LogP contribution in [0.15, 0.2) is 65.8 Å². The third-order valence-electron chi connectivity index (χ3n) is 4.86. The molecule has 0 aliphatic carbocycles. The van der Waals surface area contributed by atoms with Gasteiger partial charge >= 0.3 is 0 Å². The number of nitrogens with zero attached hydrogens (tertiary/aromatic N) is 3. The van der Waals surface area contributed by atoms with E-state index in [0.29, 0.717) is 47.4 Å². The molecule has 0 fully saturated rings. The van der Waals surface area contributed by atoms with Crippen molar-refractivity contribution < 1.29 is 18.9 Å². The molecule has 0 spiro atoms. The number of methoxy groups -OCH3 is 2. The molecule has 3 aromatic heterocycles. The van der Waals surface area contributed by atoms with Gasteiger partial charge in [-0.25, -0.2) is 9.97 Å². The van der Waals surface area contributed by atoms with Crippen LogP contribution < -0.4 is 24.5 Å². The normalized spacial score (nSPS) is 10.7. The number of fused-ring (bicyclic) bond motifs is 1. The molecule has 0 saturated heterocycles. The molecule has 0 aliphatic rings. The van der Waals surface area contributed by atoms with E-state index >= 15 is 0 Å². The van der Waals surface area contributed by atoms with Crippen LogP contribution in [0.5, 0.6) is 28.9 Å². The first-order chi connectivity index (χ1) is 15.6. The largest absolute Gasteiger partial charge is 0.497 e. The van der Waals surface area contributed by atoms with E-state index in [1.807, 2.05) is 24.3 Å². The van der Waals surface area contributed by atoms with Crippen LogP contribution >= 0.6 is 0 Å². The zero-order valence-corrected chi connectivity index (χ0v) is 18.1. The SMILES string of the molecule is COc1cccc(CCOc2ncc(Oc3ccc4ncc(C)c(=O)n4c3)cc2OC)c1. The van der Waals surface area contributed by atoms with Gasteiger partial charge in [0.25, 0.3) is 11.4 Å². The Bertz CT molecular complexity index is 1300. The number of hydrogen-bond donors (Lipinski definition) is 0. The Labute approximate surface area is 185 Å². The Kier molecular flexibility index (Phi) is 6.21. The van der Waals surface area contributed by atoms with E-state index in [1.165, 1.54) is 4.40 Å². The topological polar surface area (TPSA) is 84.2 Å². The van der Waals surface area contributed by atoms with Crippen molar-refractivity contribution in [2.24, 2.45) is 0 Å². The molecule has 0 bridgehead atoms. The van der Waals surface area contributed by atoms with E-state index in [0.717, 1.165) is 11.3 Å². The first-order valence-corrected chi connectivity index (χ1v) is 10.0. The Morgan fingerprint density at radius 3 is 2.62 bits per heavy atom. The molecule has 0 saturated carbocycles. The second-order valence-electron chi connectivity index (χ2n) is 7.07. The smallest absolute Gasteiger partial charge is 0.260 e. The number of hydrogen-bond acceptors (Lipinski definition) is 7. The van der Waals surface area contributed by atoms with Gasteiger partial charge in [0.05, 0.1) is 33.2 Å². The lowest BCUT2D eigenvalue weighted by Gasteiger charge is -2.12. The first-order valence-electron chi connectivity index (χ1n) is 10.0. The Morgan fingerprint density at radius 1 is 0.938 bits per heavy atom. The van der Waals surface area contributed by atoms with Crippen LogP contribution in [-0.4, -0.2) is 35.2 Å². The zero-order chi connectivity index (χ0) is 22.5. The minimum absolute atomic E-state index is 0.143. The molecule has 8 heteroatoms. The zero-order valence-electron chi connectivity index (χ0n) is 18.1. The third-order valence-corrected chi connectivity index (χ3v) is 4.86. The average molecular weight is 433 g/mol. The predicted octanol–water partition coefficient (Wildman–Crippen LogP) is 3.83. The fourth-order valence-electron chi connectivity index (χ4n) is 3.16. The summed E-state index contributed by atoms with van der Waals surface area (Å²) >= 11 is 0. The molecule has 32 heavy (non-hydrogen) atoms. The van der Waals surface area contributed by atoms with Gasteiger partial charge in [-0.15, -0.1) is 0 Å². The van der Waals surface area contributed by atoms with Crippen LogP contribution in [0.4, 0.5) is 0 Å². The average Bonchev–Trinajstić information content (AvgIpc) is 2.82. The van der Waals surface area contributed by atoms with Crippen molar-refractivity contribution >= 4 is 5.65 Å². The summed E-state index contributed by atoms with van der Waals surface area (Å²) in [5.41, 5.74) is 2.05. The Balaban J connectivity index is 1.46. The second kappa shape index (κ2) is 9.38. The molecule has 1 aromatic carbocycles. The van der Waals surface area contributed by atoms with E-state index in [2.05, 4.69) is 9.97 Å². The summed E-state index contributed by atoms with van der Waals surface area (Å²) in [4.78, 5) is 20.9. The number of aryl methyl sites for hydroxylation is 1. The van der Waals surface area contributed by atoms with Gasteiger partial charge in [-0.05, 0) is 36.8 Å². The van der Waals surface area contributed by atoms with E-state index in [-0.39, 0.29) is 5.56 Å². The van der Waals surface area contributed by atoms with Crippen molar-refractivity contribution in [1.82, 2.24) is 14.4 Å². The van der Waals surface area contributed by atoms with Gasteiger partial charge in [-0.3, -0.25) is 9.20 Å². The van der Waals surface area contributed by atoms with Gasteiger partial charge in [0.15, 0.2) is 5.75 Å². The summed E-state index contributed by atoms with van der Waals surface area (Å²) in [6, 6.07) is 13.0. The molecule has 0 unspecified atom stereocenters. The van der Waals surface area contributed by atoms with Crippen LogP contribution in [0.3, 0.4) is 0 Å². The number of aromatic nitrogens is 3. The summed E-state index contributed by atoms with van der Waals surface area (Å²) in [5, 5.41) is 0. The molecule has 3 heterocycles. The van der Waals surface area contributed by atoms with Crippen molar-refractivity contribution in [2.75, 3.05) is 20.8 Å². The fourth-order valence-corrected chi connectivity index (χ4v) is 3.16. The van der Waals surface area contributed by atoms with E-state index in [9.17, 15) is 4.79 Å². The van der Waals surface area contributed by atoms with Crippen molar-refractivity contribution in [2.45, 2.75) is 13.3 Å². The molecule has 4 aromatic rings. The number of pyridine rings is 2. The standard InChI is InChI=1S/C24H23N3O5/c1-16-13-25-22-8-7-19(15-27(22)24(16)28)32-20-12-21(30-3)23(26-14-20)31-10-9-17-5-4-6-18(11-17)29-2/h4-8,11-15H,9-10H2,1-3H3. The van der Waals surface area contributed by atoms with Crippen LogP contribution in [0.2, 0.25) is 0 Å². The molecule has 0 amide bonds. The lowest BCUT2D eigenvalue weighted by atomic mass is 10.1. The van der Waals surface area contributed by atoms with Crippen molar-refractivity contribution in [3.05, 3.63) is 82.5 Å². The first kappa shape index (κ1) is 21.2. The molecule has 0 N–H and O–H groups in total. The number of rotatable bonds is 8. The van der Waals surface area contributed by atoms with Crippen molar-refractivity contribution in [1.29, 1.82) is 0 Å². The minimum Gasteiger partial charge on any atom is -0.497 e. The Morgan fingerprint density at radius 2 is 1.81 bits per heavy atom. The summed E-state index contributed by atoms with van der Waals surface area (Å²) in [5.74, 6) is 2.56. The number of ether oxygens (including phenoxy) is 4. The van der Waals surface area contributed by atoms with Gasteiger partial charge in [-0.1, -0.05) is 12.1 Å². The van der Waals surface area contributed by atoms with Gasteiger partial charge in [0.1, 0.15) is 22.9 Å². The lowest BCUT2D eigenvalue weighted by Crippen LogP contribution is -2.16. The van der Waals surface area contributed by atoms with Gasteiger partial charge in [0, 0.05) is 24.2 Å². The summed E-state index contributed by atoms with van der Waals surface area (Å²) in [6.45, 7) is 2.15. The molecule has 0 atom stereocenters. The van der Waals surface area contributed by atoms with Gasteiger partial charge < -0.3 is 18.9 Å². The fraction of sp³-hybridized carbons (Fsp3) is 0.208. The Hall–Kier alpha value is -4.07. The maximum Gasteiger partial charge on any atom is 0.260 e. The summed E-state index contributed by atoms with van der Waals surface area (Å²) in [7, 11) is 3.18. The molecular weight excluding hydrogens is 410 g/mol. The van der Waals surface area contributed by atoms with Gasteiger partial charge in [0.2, 0.25) is 0 Å². The molecule has 0 radical (unpaired) electrons. The van der Waals surface area contributed by atoms with E-state index < -0.39 is 0 Å². The van der Waals surface area contributed by atoms with Crippen LogP contribution in [0.25, 0.3) is 5.65 Å². The van der Waals surface area contributed by atoms with E-state index in [4.69, 9.17) is 18.9 Å². The molecule has 4 rings (SSSR count). The molecule has 164 valence electrons. The van der Waals surface area contributed by atoms with Crippen molar-refractivity contribution in [3.63, 3.8) is 0 Å². The highest BCUT2D eigenvalue weighted by molar-refractivity contribution is 5.44. The summed E-state index contributed by atoms with van der Waals surface area (Å²) < 4.78 is 23.8. The molecule has 8 nitrogen and oxygen atoms in total. The monoisotopic (exact) mass is 433 g/mol. The van der Waals surface area contributed by atoms with Gasteiger partial charge in [-0.2, -0.15) is 0 Å². The van der Waals surface area contributed by atoms with Crippen LogP contribution in [0.1, 0.15) is 11.1 Å². The summed E-state index contributed by atoms with van der Waals surface area (Å²) in [6.07, 6.45) is 5.40. The third kappa shape index (κ3) is 4.64. The predicted molar refractivity (Wildman–Crippen MR) is 119 cm³/mol. The molecule has 0 aliphatic heterocycles. The van der Waals surface area contributed by atoms with E-state index in [1.54, 1.807) is 57.9 Å². The van der Waals surface area contributed by atoms with Crippen LogP contribution in [0, 0.1) is 6.92 Å². The highest BCUT2D eigenvalue weighted by atomic mass is 16.5. The highest BCUT2D eigenvalue weighted by Gasteiger charge is 2.10. The maximum absolute atomic E-state index is 12.3. The van der Waals surface area contributed by atoms with Crippen LogP contribution in [-0.2, 0) is 6.42 Å². The lowest BCUT2D eigenvalue weighted by molar-refractivity contribution is 0.284. The van der Waals surface area contributed by atoms with Crippen molar-refractivity contribution in [3.8, 4) is 28.9 Å². The highest BCUT2D eigenvalue weighted by Crippen LogP contribution is 2.31. The second-order valence-corrected chi connectivity index (χ2v) is 7.07. The molecular formula is C24H23N3O5. The quantitative estimate of drug-likeness (QED) is 0.418. The number of benzene rings is 1.